The fourth-order valence-corrected chi connectivity index (χ4v) is 2.16. The van der Waals surface area contributed by atoms with Crippen molar-refractivity contribution in [2.75, 3.05) is 0 Å². The Balaban J connectivity index is 0.00000162. The van der Waals surface area contributed by atoms with Crippen molar-refractivity contribution in [2.45, 2.75) is 45.2 Å². The summed E-state index contributed by atoms with van der Waals surface area (Å²) in [4.78, 5) is 10.9. The molecule has 1 aromatic carbocycles. The highest BCUT2D eigenvalue weighted by Gasteiger charge is 2.24. The highest BCUT2D eigenvalue weighted by atomic mass is 35.5. The molecule has 1 aliphatic rings. The number of halogens is 1. The number of carboxylic acid groups (broad SMARTS) is 1. The molecule has 0 spiro atoms. The first-order chi connectivity index (χ1) is 7.88. The van der Waals surface area contributed by atoms with Crippen molar-refractivity contribution in [1.82, 2.24) is 5.32 Å². The van der Waals surface area contributed by atoms with Gasteiger partial charge in [-0.3, -0.25) is 4.79 Å². The number of nitrogens with one attached hydrogen (secondary N) is 1. The van der Waals surface area contributed by atoms with Crippen LogP contribution in [0.5, 0.6) is 0 Å². The number of benzene rings is 1. The first kappa shape index (κ1) is 15.0. The molecule has 3 nitrogen and oxygen atoms in total. The number of fused-ring (bicyclic) bond motifs is 1. The van der Waals surface area contributed by atoms with Crippen LogP contribution in [0.25, 0.3) is 0 Å². The van der Waals surface area contributed by atoms with Crippen molar-refractivity contribution in [1.29, 1.82) is 0 Å². The fraction of sp³-hybridized carbons (Fsp3) is 0.500. The van der Waals surface area contributed by atoms with Crippen LogP contribution >= 0.6 is 12.4 Å². The maximum atomic E-state index is 10.9. The summed E-state index contributed by atoms with van der Waals surface area (Å²) in [6.45, 7) is 7.21. The molecule has 1 aromatic rings. The van der Waals surface area contributed by atoms with Gasteiger partial charge in [-0.25, -0.2) is 0 Å². The van der Waals surface area contributed by atoms with Crippen LogP contribution in [0.2, 0.25) is 0 Å². The van der Waals surface area contributed by atoms with E-state index in [0.717, 1.165) is 5.56 Å². The second-order valence-electron chi connectivity index (χ2n) is 5.71. The van der Waals surface area contributed by atoms with E-state index in [0.29, 0.717) is 13.0 Å². The molecule has 4 heteroatoms. The molecule has 0 saturated heterocycles. The summed E-state index contributed by atoms with van der Waals surface area (Å²) < 4.78 is 0. The van der Waals surface area contributed by atoms with Gasteiger partial charge in [0.05, 0.1) is 0 Å². The van der Waals surface area contributed by atoms with Crippen LogP contribution in [0.3, 0.4) is 0 Å². The molecule has 1 aliphatic heterocycles. The molecular formula is C14H20ClNO2. The van der Waals surface area contributed by atoms with Crippen LogP contribution < -0.4 is 5.32 Å². The first-order valence-electron chi connectivity index (χ1n) is 5.96. The van der Waals surface area contributed by atoms with Crippen LogP contribution in [0.15, 0.2) is 18.2 Å². The largest absolute Gasteiger partial charge is 0.480 e. The molecule has 0 unspecified atom stereocenters. The van der Waals surface area contributed by atoms with Crippen molar-refractivity contribution in [3.05, 3.63) is 34.9 Å². The quantitative estimate of drug-likeness (QED) is 0.824. The minimum absolute atomic E-state index is 0. The minimum Gasteiger partial charge on any atom is -0.480 e. The molecule has 0 radical (unpaired) electrons. The van der Waals surface area contributed by atoms with Gasteiger partial charge in [-0.15, -0.1) is 12.4 Å². The third kappa shape index (κ3) is 3.03. The molecule has 2 rings (SSSR count). The second-order valence-corrected chi connectivity index (χ2v) is 5.71. The molecule has 0 fully saturated rings. The lowest BCUT2D eigenvalue weighted by Gasteiger charge is -2.26. The maximum Gasteiger partial charge on any atom is 0.321 e. The molecule has 0 bridgehead atoms. The van der Waals surface area contributed by atoms with Gasteiger partial charge in [0.25, 0.3) is 0 Å². The Bertz CT molecular complexity index is 452. The normalized spacial score (nSPS) is 18.7. The molecular weight excluding hydrogens is 250 g/mol. The van der Waals surface area contributed by atoms with Crippen molar-refractivity contribution >= 4 is 18.4 Å². The molecule has 0 saturated carbocycles. The van der Waals surface area contributed by atoms with Gasteiger partial charge in [0.1, 0.15) is 6.04 Å². The summed E-state index contributed by atoms with van der Waals surface area (Å²) >= 11 is 0. The average molecular weight is 270 g/mol. The Morgan fingerprint density at radius 2 is 2.00 bits per heavy atom. The van der Waals surface area contributed by atoms with E-state index in [1.165, 1.54) is 11.1 Å². The van der Waals surface area contributed by atoms with Crippen LogP contribution in [0.4, 0.5) is 0 Å². The fourth-order valence-electron chi connectivity index (χ4n) is 2.16. The summed E-state index contributed by atoms with van der Waals surface area (Å²) in [6, 6.07) is 5.94. The molecule has 1 atom stereocenters. The molecule has 18 heavy (non-hydrogen) atoms. The van der Waals surface area contributed by atoms with E-state index in [4.69, 9.17) is 5.11 Å². The zero-order valence-corrected chi connectivity index (χ0v) is 11.8. The standard InChI is InChI=1S/C14H19NO2.ClH/c1-14(2,3)11-5-4-9-7-12(13(16)17)15-8-10(9)6-11;/h4-6,12,15H,7-8H2,1-3H3,(H,16,17);1H/t12-;/m1./s1. The van der Waals surface area contributed by atoms with E-state index < -0.39 is 12.0 Å². The third-order valence-electron chi connectivity index (χ3n) is 3.33. The third-order valence-corrected chi connectivity index (χ3v) is 3.33. The number of rotatable bonds is 1. The van der Waals surface area contributed by atoms with E-state index >= 15 is 0 Å². The van der Waals surface area contributed by atoms with Crippen molar-refractivity contribution in [3.8, 4) is 0 Å². The van der Waals surface area contributed by atoms with Crippen LogP contribution in [0.1, 0.15) is 37.5 Å². The Kier molecular flexibility index (Phi) is 4.41. The van der Waals surface area contributed by atoms with Gasteiger partial charge in [0, 0.05) is 6.54 Å². The summed E-state index contributed by atoms with van der Waals surface area (Å²) in [6.07, 6.45) is 0.578. The van der Waals surface area contributed by atoms with Gasteiger partial charge >= 0.3 is 5.97 Å². The molecule has 0 aliphatic carbocycles. The number of hydrogen-bond acceptors (Lipinski definition) is 2. The van der Waals surface area contributed by atoms with E-state index in [1.807, 2.05) is 0 Å². The predicted octanol–water partition coefficient (Wildman–Crippen LogP) is 2.50. The summed E-state index contributed by atoms with van der Waals surface area (Å²) in [5.41, 5.74) is 3.82. The van der Waals surface area contributed by atoms with Gasteiger partial charge in [-0.05, 0) is 28.5 Å². The predicted molar refractivity (Wildman–Crippen MR) is 74.4 cm³/mol. The molecule has 0 amide bonds. The Hall–Kier alpha value is -1.06. The Morgan fingerprint density at radius 1 is 1.33 bits per heavy atom. The number of hydrogen-bond donors (Lipinski definition) is 2. The summed E-state index contributed by atoms with van der Waals surface area (Å²) in [7, 11) is 0. The lowest BCUT2D eigenvalue weighted by molar-refractivity contribution is -0.139. The Morgan fingerprint density at radius 3 is 2.56 bits per heavy atom. The molecule has 1 heterocycles. The lowest BCUT2D eigenvalue weighted by atomic mass is 9.83. The average Bonchev–Trinajstić information content (AvgIpc) is 2.26. The van der Waals surface area contributed by atoms with Gasteiger partial charge < -0.3 is 10.4 Å². The van der Waals surface area contributed by atoms with Crippen LogP contribution in [0, 0.1) is 0 Å². The van der Waals surface area contributed by atoms with Gasteiger partial charge in [-0.1, -0.05) is 39.0 Å². The van der Waals surface area contributed by atoms with Crippen molar-refractivity contribution in [3.63, 3.8) is 0 Å². The van der Waals surface area contributed by atoms with Gasteiger partial charge in [0.15, 0.2) is 0 Å². The number of aliphatic carboxylic acids is 1. The highest BCUT2D eigenvalue weighted by molar-refractivity contribution is 5.85. The van der Waals surface area contributed by atoms with Crippen molar-refractivity contribution in [2.24, 2.45) is 0 Å². The van der Waals surface area contributed by atoms with Gasteiger partial charge in [-0.2, -0.15) is 0 Å². The SMILES string of the molecule is CC(C)(C)c1ccc2c(c1)CN[C@@H](C(=O)O)C2.Cl. The summed E-state index contributed by atoms with van der Waals surface area (Å²) in [5, 5.41) is 12.0. The zero-order valence-electron chi connectivity index (χ0n) is 11.0. The molecule has 100 valence electrons. The minimum atomic E-state index is -0.768. The lowest BCUT2D eigenvalue weighted by Crippen LogP contribution is -2.41. The van der Waals surface area contributed by atoms with Gasteiger partial charge in [0.2, 0.25) is 0 Å². The molecule has 0 aromatic heterocycles. The number of carbonyl (C=O) groups is 1. The van der Waals surface area contributed by atoms with E-state index in [9.17, 15) is 4.79 Å². The number of carboxylic acids is 1. The smallest absolute Gasteiger partial charge is 0.321 e. The summed E-state index contributed by atoms with van der Waals surface area (Å²) in [5.74, 6) is -0.768. The van der Waals surface area contributed by atoms with E-state index in [1.54, 1.807) is 0 Å². The molecule has 2 N–H and O–H groups in total. The zero-order chi connectivity index (χ0) is 12.6. The highest BCUT2D eigenvalue weighted by Crippen LogP contribution is 2.26. The first-order valence-corrected chi connectivity index (χ1v) is 5.96. The van der Waals surface area contributed by atoms with E-state index in [2.05, 4.69) is 44.3 Å². The van der Waals surface area contributed by atoms with Crippen LogP contribution in [-0.4, -0.2) is 17.1 Å². The topological polar surface area (TPSA) is 49.3 Å². The Labute approximate surface area is 114 Å². The second kappa shape index (κ2) is 5.29. The van der Waals surface area contributed by atoms with Crippen molar-refractivity contribution < 1.29 is 9.90 Å². The van der Waals surface area contributed by atoms with Crippen LogP contribution in [-0.2, 0) is 23.2 Å². The monoisotopic (exact) mass is 269 g/mol. The van der Waals surface area contributed by atoms with E-state index in [-0.39, 0.29) is 17.8 Å². The maximum absolute atomic E-state index is 10.9.